The van der Waals surface area contributed by atoms with Crippen LogP contribution in [-0.2, 0) is 0 Å². The summed E-state index contributed by atoms with van der Waals surface area (Å²) in [6.07, 6.45) is 1.37. The Morgan fingerprint density at radius 3 is 2.70 bits per heavy atom. The van der Waals surface area contributed by atoms with Gasteiger partial charge in [-0.25, -0.2) is 4.39 Å². The highest BCUT2D eigenvalue weighted by Gasteiger charge is 2.15. The van der Waals surface area contributed by atoms with Crippen LogP contribution in [0.1, 0.15) is 20.3 Å². The average Bonchev–Trinajstić information content (AvgIpc) is 1.93. The van der Waals surface area contributed by atoms with Gasteiger partial charge in [-0.05, 0) is 25.0 Å². The van der Waals surface area contributed by atoms with Crippen molar-refractivity contribution in [2.45, 2.75) is 26.4 Å². The van der Waals surface area contributed by atoms with Gasteiger partial charge in [0, 0.05) is 12.1 Å². The van der Waals surface area contributed by atoms with E-state index in [9.17, 15) is 4.39 Å². The lowest BCUT2D eigenvalue weighted by atomic mass is 9.96. The first-order valence-corrected chi connectivity index (χ1v) is 3.40. The van der Waals surface area contributed by atoms with Crippen LogP contribution in [0.3, 0.4) is 0 Å². The van der Waals surface area contributed by atoms with Crippen LogP contribution in [0.4, 0.5) is 4.39 Å². The Morgan fingerprint density at radius 2 is 2.20 bits per heavy atom. The van der Waals surface area contributed by atoms with Crippen LogP contribution in [0, 0.1) is 0 Å². The van der Waals surface area contributed by atoms with E-state index in [1.54, 1.807) is 13.0 Å². The zero-order valence-corrected chi connectivity index (χ0v) is 6.32. The molecule has 1 aliphatic carbocycles. The molecule has 1 unspecified atom stereocenters. The monoisotopic (exact) mass is 141 g/mol. The molecule has 0 aromatic carbocycles. The smallest absolute Gasteiger partial charge is 0.125 e. The lowest BCUT2D eigenvalue weighted by Crippen LogP contribution is -2.13. The zero-order chi connectivity index (χ0) is 7.72. The van der Waals surface area contributed by atoms with Gasteiger partial charge in [0.15, 0.2) is 0 Å². The Labute approximate surface area is 60.4 Å². The SMILES string of the molecule is CC1=C(C)C(F)CC=C1N. The molecule has 0 heterocycles. The third-order valence-corrected chi connectivity index (χ3v) is 2.04. The number of hydrogen-bond donors (Lipinski definition) is 1. The highest BCUT2D eigenvalue weighted by molar-refractivity contribution is 5.36. The Balaban J connectivity index is 2.94. The van der Waals surface area contributed by atoms with Crippen molar-refractivity contribution >= 4 is 0 Å². The second kappa shape index (κ2) is 2.45. The van der Waals surface area contributed by atoms with Gasteiger partial charge in [0.05, 0.1) is 0 Å². The van der Waals surface area contributed by atoms with E-state index in [4.69, 9.17) is 5.73 Å². The third-order valence-electron chi connectivity index (χ3n) is 2.04. The average molecular weight is 141 g/mol. The molecule has 2 N–H and O–H groups in total. The third kappa shape index (κ3) is 1.06. The van der Waals surface area contributed by atoms with Crippen LogP contribution in [0.5, 0.6) is 0 Å². The number of rotatable bonds is 0. The summed E-state index contributed by atoms with van der Waals surface area (Å²) in [6, 6.07) is 0. The van der Waals surface area contributed by atoms with Crippen LogP contribution >= 0.6 is 0 Å². The van der Waals surface area contributed by atoms with E-state index in [1.165, 1.54) is 0 Å². The summed E-state index contributed by atoms with van der Waals surface area (Å²) in [5.41, 5.74) is 7.98. The van der Waals surface area contributed by atoms with E-state index in [0.29, 0.717) is 6.42 Å². The summed E-state index contributed by atoms with van der Waals surface area (Å²) in [5.74, 6) is 0. The summed E-state index contributed by atoms with van der Waals surface area (Å²) < 4.78 is 12.8. The molecule has 0 radical (unpaired) electrons. The van der Waals surface area contributed by atoms with Gasteiger partial charge in [-0.15, -0.1) is 0 Å². The van der Waals surface area contributed by atoms with Gasteiger partial charge >= 0.3 is 0 Å². The van der Waals surface area contributed by atoms with E-state index in [0.717, 1.165) is 16.8 Å². The fraction of sp³-hybridized carbons (Fsp3) is 0.500. The van der Waals surface area contributed by atoms with Crippen molar-refractivity contribution in [2.24, 2.45) is 5.73 Å². The van der Waals surface area contributed by atoms with Crippen LogP contribution in [-0.4, -0.2) is 6.17 Å². The molecule has 0 aromatic rings. The van der Waals surface area contributed by atoms with Crippen molar-refractivity contribution in [3.63, 3.8) is 0 Å². The van der Waals surface area contributed by atoms with E-state index in [2.05, 4.69) is 0 Å². The molecule has 1 nitrogen and oxygen atoms in total. The quantitative estimate of drug-likeness (QED) is 0.548. The molecule has 0 spiro atoms. The maximum Gasteiger partial charge on any atom is 0.125 e. The molecule has 0 aliphatic heterocycles. The maximum atomic E-state index is 12.8. The summed E-state index contributed by atoms with van der Waals surface area (Å²) in [7, 11) is 0. The van der Waals surface area contributed by atoms with E-state index in [-0.39, 0.29) is 0 Å². The predicted molar refractivity (Wildman–Crippen MR) is 40.2 cm³/mol. The molecule has 0 aromatic heterocycles. The Hall–Kier alpha value is -0.790. The molecule has 56 valence electrons. The summed E-state index contributed by atoms with van der Waals surface area (Å²) in [5, 5.41) is 0. The second-order valence-electron chi connectivity index (χ2n) is 2.67. The topological polar surface area (TPSA) is 26.0 Å². The van der Waals surface area contributed by atoms with Crippen LogP contribution in [0.2, 0.25) is 0 Å². The Morgan fingerprint density at radius 1 is 1.60 bits per heavy atom. The van der Waals surface area contributed by atoms with E-state index < -0.39 is 6.17 Å². The molecular formula is C8H12FN. The maximum absolute atomic E-state index is 12.8. The lowest BCUT2D eigenvalue weighted by molar-refractivity contribution is 0.378. The summed E-state index contributed by atoms with van der Waals surface area (Å²) in [6.45, 7) is 3.65. The van der Waals surface area contributed by atoms with Gasteiger partial charge in [0.1, 0.15) is 6.17 Å². The van der Waals surface area contributed by atoms with Gasteiger partial charge in [0.2, 0.25) is 0 Å². The standard InChI is InChI=1S/C8H12FN/c1-5-6(2)8(10)4-3-7(5)9/h4,7H,3,10H2,1-2H3. The van der Waals surface area contributed by atoms with E-state index >= 15 is 0 Å². The molecule has 2 heteroatoms. The zero-order valence-electron chi connectivity index (χ0n) is 6.32. The Bertz CT molecular complexity index is 203. The van der Waals surface area contributed by atoms with Gasteiger partial charge < -0.3 is 5.73 Å². The van der Waals surface area contributed by atoms with Gasteiger partial charge in [0.25, 0.3) is 0 Å². The van der Waals surface area contributed by atoms with Gasteiger partial charge in [-0.2, -0.15) is 0 Å². The second-order valence-corrected chi connectivity index (χ2v) is 2.67. The number of alkyl halides is 1. The lowest BCUT2D eigenvalue weighted by Gasteiger charge is -2.16. The summed E-state index contributed by atoms with van der Waals surface area (Å²) in [4.78, 5) is 0. The minimum Gasteiger partial charge on any atom is -0.399 e. The molecule has 0 saturated heterocycles. The first-order chi connectivity index (χ1) is 4.63. The summed E-state index contributed by atoms with van der Waals surface area (Å²) >= 11 is 0. The minimum atomic E-state index is -0.813. The van der Waals surface area contributed by atoms with Crippen molar-refractivity contribution < 1.29 is 4.39 Å². The molecular weight excluding hydrogens is 129 g/mol. The first kappa shape index (κ1) is 7.32. The van der Waals surface area contributed by atoms with Crippen molar-refractivity contribution in [2.75, 3.05) is 0 Å². The molecule has 1 atom stereocenters. The molecule has 10 heavy (non-hydrogen) atoms. The number of hydrogen-bond acceptors (Lipinski definition) is 1. The predicted octanol–water partition coefficient (Wildman–Crippen LogP) is 1.91. The highest BCUT2D eigenvalue weighted by atomic mass is 19.1. The van der Waals surface area contributed by atoms with Crippen LogP contribution < -0.4 is 5.73 Å². The Kier molecular flexibility index (Phi) is 1.79. The number of allylic oxidation sites excluding steroid dienone is 3. The molecule has 0 bridgehead atoms. The van der Waals surface area contributed by atoms with Crippen LogP contribution in [0.15, 0.2) is 22.9 Å². The van der Waals surface area contributed by atoms with Crippen molar-refractivity contribution in [1.82, 2.24) is 0 Å². The normalized spacial score (nSPS) is 26.7. The molecule has 1 aliphatic rings. The van der Waals surface area contributed by atoms with Crippen molar-refractivity contribution in [1.29, 1.82) is 0 Å². The van der Waals surface area contributed by atoms with Crippen LogP contribution in [0.25, 0.3) is 0 Å². The largest absolute Gasteiger partial charge is 0.399 e. The fourth-order valence-electron chi connectivity index (χ4n) is 1.02. The van der Waals surface area contributed by atoms with Gasteiger partial charge in [-0.3, -0.25) is 0 Å². The highest BCUT2D eigenvalue weighted by Crippen LogP contribution is 2.23. The number of nitrogens with two attached hydrogens (primary N) is 1. The van der Waals surface area contributed by atoms with Crippen molar-refractivity contribution in [3.8, 4) is 0 Å². The fourth-order valence-corrected chi connectivity index (χ4v) is 1.02. The van der Waals surface area contributed by atoms with Crippen molar-refractivity contribution in [3.05, 3.63) is 22.9 Å². The van der Waals surface area contributed by atoms with Gasteiger partial charge in [-0.1, -0.05) is 6.08 Å². The molecule has 0 fully saturated rings. The van der Waals surface area contributed by atoms with E-state index in [1.807, 2.05) is 6.92 Å². The minimum absolute atomic E-state index is 0.439. The molecule has 1 rings (SSSR count). The first-order valence-electron chi connectivity index (χ1n) is 3.40. The molecule has 0 saturated carbocycles. The molecule has 0 amide bonds. The number of halogens is 1.